The summed E-state index contributed by atoms with van der Waals surface area (Å²) in [4.78, 5) is 22.3. The van der Waals surface area contributed by atoms with Gasteiger partial charge in [0.2, 0.25) is 0 Å². The summed E-state index contributed by atoms with van der Waals surface area (Å²) in [6.45, 7) is 1.75. The van der Waals surface area contributed by atoms with Gasteiger partial charge in [-0.1, -0.05) is 19.1 Å². The number of sulfone groups is 1. The predicted molar refractivity (Wildman–Crippen MR) is 78.0 cm³/mol. The van der Waals surface area contributed by atoms with Gasteiger partial charge in [0.25, 0.3) is 0 Å². The van der Waals surface area contributed by atoms with Crippen LogP contribution < -0.4 is 10.6 Å². The van der Waals surface area contributed by atoms with Crippen LogP contribution >= 0.6 is 0 Å². The number of benzene rings is 1. The lowest BCUT2D eigenvalue weighted by molar-refractivity contribution is 0.0696. The van der Waals surface area contributed by atoms with Crippen LogP contribution in [0.5, 0.6) is 0 Å². The number of carboxylic acids is 1. The average molecular weight is 314 g/mol. The fourth-order valence-electron chi connectivity index (χ4n) is 1.52. The zero-order valence-corrected chi connectivity index (χ0v) is 12.4. The maximum absolute atomic E-state index is 11.5. The van der Waals surface area contributed by atoms with Gasteiger partial charge < -0.3 is 15.7 Å². The minimum Gasteiger partial charge on any atom is -0.478 e. The molecule has 7 nitrogen and oxygen atoms in total. The first-order valence-corrected chi connectivity index (χ1v) is 8.20. The molecule has 3 N–H and O–H groups in total. The first kappa shape index (κ1) is 17.0. The van der Waals surface area contributed by atoms with Crippen molar-refractivity contribution >= 4 is 21.8 Å². The standard InChI is InChI=1S/C13H18N2O5S/c1-2-21(19,20)7-6-14-13(18)15-9-10-4-3-5-11(8-10)12(16)17/h3-5,8H,2,6-7,9H2,1H3,(H,16,17)(H2,14,15,18). The van der Waals surface area contributed by atoms with E-state index in [0.29, 0.717) is 5.56 Å². The number of amides is 2. The molecule has 1 aromatic carbocycles. The molecule has 8 heteroatoms. The summed E-state index contributed by atoms with van der Waals surface area (Å²) in [7, 11) is -3.11. The molecule has 21 heavy (non-hydrogen) atoms. The average Bonchev–Trinajstić information content (AvgIpc) is 2.45. The highest BCUT2D eigenvalue weighted by molar-refractivity contribution is 7.91. The second-order valence-electron chi connectivity index (χ2n) is 4.35. The molecule has 1 aromatic rings. The van der Waals surface area contributed by atoms with Gasteiger partial charge in [-0.15, -0.1) is 0 Å². The van der Waals surface area contributed by atoms with E-state index in [2.05, 4.69) is 10.6 Å². The fraction of sp³-hybridized carbons (Fsp3) is 0.385. The van der Waals surface area contributed by atoms with Crippen LogP contribution in [0.3, 0.4) is 0 Å². The van der Waals surface area contributed by atoms with Crippen LogP contribution in [0.15, 0.2) is 24.3 Å². The van der Waals surface area contributed by atoms with Gasteiger partial charge in [-0.3, -0.25) is 0 Å². The fourth-order valence-corrected chi connectivity index (χ4v) is 2.23. The Balaban J connectivity index is 2.40. The minimum atomic E-state index is -3.11. The van der Waals surface area contributed by atoms with Crippen LogP contribution in [-0.2, 0) is 16.4 Å². The molecule has 0 fully saturated rings. The number of carboxylic acid groups (broad SMARTS) is 1. The number of hydrogen-bond donors (Lipinski definition) is 3. The maximum Gasteiger partial charge on any atom is 0.335 e. The Morgan fingerprint density at radius 2 is 1.95 bits per heavy atom. The molecular formula is C13H18N2O5S. The summed E-state index contributed by atoms with van der Waals surface area (Å²) in [5.41, 5.74) is 0.787. The lowest BCUT2D eigenvalue weighted by atomic mass is 10.1. The summed E-state index contributed by atoms with van der Waals surface area (Å²) in [5, 5.41) is 13.8. The molecule has 0 heterocycles. The molecule has 0 aromatic heterocycles. The van der Waals surface area contributed by atoms with E-state index in [9.17, 15) is 18.0 Å². The van der Waals surface area contributed by atoms with Crippen LogP contribution in [0, 0.1) is 0 Å². The summed E-state index contributed by atoms with van der Waals surface area (Å²) in [5.74, 6) is -1.10. The molecule has 0 aliphatic carbocycles. The van der Waals surface area contributed by atoms with Crippen molar-refractivity contribution in [2.45, 2.75) is 13.5 Å². The van der Waals surface area contributed by atoms with Crippen molar-refractivity contribution < 1.29 is 23.1 Å². The molecule has 0 spiro atoms. The third kappa shape index (κ3) is 6.26. The molecule has 2 amide bonds. The number of rotatable bonds is 7. The normalized spacial score (nSPS) is 10.9. The van der Waals surface area contributed by atoms with Gasteiger partial charge in [-0.05, 0) is 17.7 Å². The van der Waals surface area contributed by atoms with Crippen molar-refractivity contribution in [2.75, 3.05) is 18.1 Å². The number of aromatic carboxylic acids is 1. The third-order valence-corrected chi connectivity index (χ3v) is 4.47. The van der Waals surface area contributed by atoms with Crippen LogP contribution in [0.2, 0.25) is 0 Å². The zero-order valence-electron chi connectivity index (χ0n) is 11.6. The Hall–Kier alpha value is -2.09. The monoisotopic (exact) mass is 314 g/mol. The zero-order chi connectivity index (χ0) is 15.9. The van der Waals surface area contributed by atoms with Gasteiger partial charge in [0.1, 0.15) is 0 Å². The van der Waals surface area contributed by atoms with Gasteiger partial charge in [-0.25, -0.2) is 18.0 Å². The summed E-state index contributed by atoms with van der Waals surface area (Å²) >= 11 is 0. The highest BCUT2D eigenvalue weighted by Gasteiger charge is 2.08. The topological polar surface area (TPSA) is 113 Å². The van der Waals surface area contributed by atoms with Crippen molar-refractivity contribution in [3.8, 4) is 0 Å². The van der Waals surface area contributed by atoms with Gasteiger partial charge in [0.15, 0.2) is 9.84 Å². The highest BCUT2D eigenvalue weighted by atomic mass is 32.2. The predicted octanol–water partition coefficient (Wildman–Crippen LogP) is 0.619. The van der Waals surface area contributed by atoms with Crippen molar-refractivity contribution in [3.63, 3.8) is 0 Å². The Bertz CT molecular complexity index is 613. The first-order valence-electron chi connectivity index (χ1n) is 6.38. The summed E-state index contributed by atoms with van der Waals surface area (Å²) in [6.07, 6.45) is 0. The molecule has 0 saturated carbocycles. The van der Waals surface area contributed by atoms with E-state index in [-0.39, 0.29) is 30.2 Å². The van der Waals surface area contributed by atoms with E-state index >= 15 is 0 Å². The van der Waals surface area contributed by atoms with Gasteiger partial charge >= 0.3 is 12.0 Å². The molecule has 116 valence electrons. The molecule has 0 aliphatic rings. The minimum absolute atomic E-state index is 0.0389. The van der Waals surface area contributed by atoms with Crippen molar-refractivity contribution in [2.24, 2.45) is 0 Å². The number of carbonyl (C=O) groups excluding carboxylic acids is 1. The van der Waals surface area contributed by atoms with Gasteiger partial charge in [0.05, 0.1) is 11.3 Å². The van der Waals surface area contributed by atoms with Gasteiger partial charge in [-0.2, -0.15) is 0 Å². The maximum atomic E-state index is 11.5. The van der Waals surface area contributed by atoms with Crippen molar-refractivity contribution in [1.29, 1.82) is 0 Å². The molecule has 0 bridgehead atoms. The Kier molecular flexibility index (Phi) is 6.16. The van der Waals surface area contributed by atoms with E-state index < -0.39 is 21.8 Å². The Morgan fingerprint density at radius 1 is 1.24 bits per heavy atom. The van der Waals surface area contributed by atoms with Crippen molar-refractivity contribution in [1.82, 2.24) is 10.6 Å². The Labute approximate surface area is 123 Å². The van der Waals surface area contributed by atoms with E-state index in [1.54, 1.807) is 19.1 Å². The molecular weight excluding hydrogens is 296 g/mol. The largest absolute Gasteiger partial charge is 0.478 e. The van der Waals surface area contributed by atoms with Gasteiger partial charge in [0, 0.05) is 18.8 Å². The van der Waals surface area contributed by atoms with E-state index in [1.807, 2.05) is 0 Å². The third-order valence-electron chi connectivity index (χ3n) is 2.77. The van der Waals surface area contributed by atoms with Crippen LogP contribution in [0.25, 0.3) is 0 Å². The van der Waals surface area contributed by atoms with E-state index in [4.69, 9.17) is 5.11 Å². The number of carbonyl (C=O) groups is 2. The van der Waals surface area contributed by atoms with Crippen LogP contribution in [0.4, 0.5) is 4.79 Å². The molecule has 0 aliphatic heterocycles. The molecule has 0 radical (unpaired) electrons. The Morgan fingerprint density at radius 3 is 2.57 bits per heavy atom. The molecule has 1 rings (SSSR count). The lowest BCUT2D eigenvalue weighted by Crippen LogP contribution is -2.37. The smallest absolute Gasteiger partial charge is 0.335 e. The SMILES string of the molecule is CCS(=O)(=O)CCNC(=O)NCc1cccc(C(=O)O)c1. The quantitative estimate of drug-likeness (QED) is 0.683. The second kappa shape index (κ2) is 7.63. The lowest BCUT2D eigenvalue weighted by Gasteiger charge is -2.08. The summed E-state index contributed by atoms with van der Waals surface area (Å²) < 4.78 is 22.5. The molecule has 0 unspecified atom stereocenters. The highest BCUT2D eigenvalue weighted by Crippen LogP contribution is 2.04. The second-order valence-corrected chi connectivity index (χ2v) is 6.82. The number of urea groups is 1. The van der Waals surface area contributed by atoms with E-state index in [1.165, 1.54) is 12.1 Å². The molecule has 0 saturated heterocycles. The van der Waals surface area contributed by atoms with Crippen LogP contribution in [-0.4, -0.2) is 43.6 Å². The van der Waals surface area contributed by atoms with E-state index in [0.717, 1.165) is 0 Å². The number of nitrogens with one attached hydrogen (secondary N) is 2. The van der Waals surface area contributed by atoms with Crippen molar-refractivity contribution in [3.05, 3.63) is 35.4 Å². The number of hydrogen-bond acceptors (Lipinski definition) is 4. The first-order chi connectivity index (χ1) is 9.84. The molecule has 0 atom stereocenters. The summed E-state index contributed by atoms with van der Waals surface area (Å²) in [6, 6.07) is 5.70. The van der Waals surface area contributed by atoms with Crippen LogP contribution in [0.1, 0.15) is 22.8 Å².